The van der Waals surface area contributed by atoms with Crippen LogP contribution in [-0.2, 0) is 11.0 Å². The largest absolute Gasteiger partial charge is 0.417 e. The van der Waals surface area contributed by atoms with Crippen molar-refractivity contribution >= 4 is 39.3 Å². The van der Waals surface area contributed by atoms with Crippen molar-refractivity contribution in [3.05, 3.63) is 22.3 Å². The molecule has 0 spiro atoms. The molecule has 0 aromatic carbocycles. The second-order valence-electron chi connectivity index (χ2n) is 3.83. The lowest BCUT2D eigenvalue weighted by Crippen LogP contribution is -2.26. The van der Waals surface area contributed by atoms with Gasteiger partial charge in [-0.25, -0.2) is 4.98 Å². The Balaban J connectivity index is 2.34. The first kappa shape index (κ1) is 13.6. The molecule has 8 heteroatoms. The van der Waals surface area contributed by atoms with Gasteiger partial charge in [-0.2, -0.15) is 13.2 Å². The normalized spacial score (nSPS) is 20.6. The Hall–Kier alpha value is -0.820. The van der Waals surface area contributed by atoms with Crippen LogP contribution in [-0.4, -0.2) is 22.8 Å². The summed E-state index contributed by atoms with van der Waals surface area (Å²) in [7, 11) is 0. The van der Waals surface area contributed by atoms with Gasteiger partial charge in [0.25, 0.3) is 0 Å². The Morgan fingerprint density at radius 1 is 1.50 bits per heavy atom. The summed E-state index contributed by atoms with van der Waals surface area (Å²) in [4.78, 5) is 16.5. The summed E-state index contributed by atoms with van der Waals surface area (Å²) in [6.45, 7) is 0.247. The topological polar surface area (TPSA) is 33.2 Å². The fourth-order valence-electron chi connectivity index (χ4n) is 1.65. The fourth-order valence-corrected chi connectivity index (χ4v) is 2.49. The van der Waals surface area contributed by atoms with Gasteiger partial charge in [0.05, 0.1) is 15.4 Å². The molecule has 1 aliphatic rings. The minimum Gasteiger partial charge on any atom is -0.294 e. The minimum absolute atomic E-state index is 0.122. The molecule has 1 aliphatic heterocycles. The van der Waals surface area contributed by atoms with Crippen LogP contribution in [0.15, 0.2) is 16.7 Å². The lowest BCUT2D eigenvalue weighted by molar-refractivity contribution is -0.137. The Kier molecular flexibility index (Phi) is 3.55. The van der Waals surface area contributed by atoms with Gasteiger partial charge in [-0.1, -0.05) is 0 Å². The van der Waals surface area contributed by atoms with E-state index in [9.17, 15) is 18.0 Å². The van der Waals surface area contributed by atoms with Gasteiger partial charge in [0.1, 0.15) is 5.82 Å². The summed E-state index contributed by atoms with van der Waals surface area (Å²) >= 11 is 8.82. The number of nitrogens with zero attached hydrogens (tertiary/aromatic N) is 2. The molecule has 18 heavy (non-hydrogen) atoms. The number of hydrogen-bond acceptors (Lipinski definition) is 2. The number of alkyl halides is 4. The Labute approximate surface area is 114 Å². The first-order valence-corrected chi connectivity index (χ1v) is 6.19. The number of aromatic nitrogens is 1. The maximum absolute atomic E-state index is 12.5. The van der Waals surface area contributed by atoms with Crippen LogP contribution in [0.1, 0.15) is 12.0 Å². The Bertz CT molecular complexity index is 495. The summed E-state index contributed by atoms with van der Waals surface area (Å²) in [6, 6.07) is 0.900. The number of pyridine rings is 1. The van der Waals surface area contributed by atoms with Crippen LogP contribution >= 0.6 is 27.5 Å². The molecule has 2 rings (SSSR count). The van der Waals surface area contributed by atoms with Crippen molar-refractivity contribution in [1.29, 1.82) is 0 Å². The van der Waals surface area contributed by atoms with Gasteiger partial charge in [-0.15, -0.1) is 11.6 Å². The highest BCUT2D eigenvalue weighted by atomic mass is 79.9. The molecule has 0 aliphatic carbocycles. The van der Waals surface area contributed by atoms with Crippen LogP contribution in [0.4, 0.5) is 19.0 Å². The zero-order chi connectivity index (χ0) is 13.5. The molecule has 1 unspecified atom stereocenters. The summed E-state index contributed by atoms with van der Waals surface area (Å²) in [5.41, 5.74) is -0.868. The highest BCUT2D eigenvalue weighted by Crippen LogP contribution is 2.35. The van der Waals surface area contributed by atoms with E-state index in [1.807, 2.05) is 0 Å². The average Bonchev–Trinajstić information content (AvgIpc) is 2.56. The van der Waals surface area contributed by atoms with Crippen LogP contribution in [0.5, 0.6) is 0 Å². The van der Waals surface area contributed by atoms with E-state index >= 15 is 0 Å². The van der Waals surface area contributed by atoms with Crippen molar-refractivity contribution in [1.82, 2.24) is 4.98 Å². The third-order valence-electron chi connectivity index (χ3n) is 2.48. The van der Waals surface area contributed by atoms with E-state index in [0.717, 1.165) is 6.07 Å². The molecule has 1 atom stereocenters. The zero-order valence-corrected chi connectivity index (χ0v) is 11.2. The molecular formula is C10H7BrClF3N2O. The third-order valence-corrected chi connectivity index (χ3v) is 3.36. The summed E-state index contributed by atoms with van der Waals surface area (Å²) in [6.07, 6.45) is -3.59. The smallest absolute Gasteiger partial charge is 0.294 e. The molecule has 1 amide bonds. The number of rotatable bonds is 1. The van der Waals surface area contributed by atoms with E-state index in [1.165, 1.54) is 4.90 Å². The number of hydrogen-bond donors (Lipinski definition) is 0. The van der Waals surface area contributed by atoms with Crippen molar-refractivity contribution in [2.75, 3.05) is 11.4 Å². The quantitative estimate of drug-likeness (QED) is 0.734. The molecular weight excluding hydrogens is 336 g/mol. The maximum atomic E-state index is 12.5. The minimum atomic E-state index is -4.46. The van der Waals surface area contributed by atoms with Crippen molar-refractivity contribution < 1.29 is 18.0 Å². The maximum Gasteiger partial charge on any atom is 0.417 e. The second-order valence-corrected chi connectivity index (χ2v) is 5.30. The SMILES string of the molecule is O=C1CC(Cl)CN1c1ncc(C(F)(F)F)cc1Br. The molecule has 1 aromatic heterocycles. The predicted molar refractivity (Wildman–Crippen MR) is 63.6 cm³/mol. The molecule has 1 saturated heterocycles. The molecule has 1 fully saturated rings. The second kappa shape index (κ2) is 4.70. The van der Waals surface area contributed by atoms with Gasteiger partial charge in [-0.3, -0.25) is 9.69 Å². The summed E-state index contributed by atoms with van der Waals surface area (Å²) < 4.78 is 37.5. The first-order chi connectivity index (χ1) is 8.29. The molecule has 0 radical (unpaired) electrons. The van der Waals surface area contributed by atoms with E-state index in [2.05, 4.69) is 20.9 Å². The van der Waals surface area contributed by atoms with Crippen molar-refractivity contribution in [2.24, 2.45) is 0 Å². The monoisotopic (exact) mass is 342 g/mol. The summed E-state index contributed by atoms with van der Waals surface area (Å²) in [5, 5.41) is -0.339. The average molecular weight is 344 g/mol. The van der Waals surface area contributed by atoms with Crippen LogP contribution < -0.4 is 4.90 Å². The predicted octanol–water partition coefficient (Wildman–Crippen LogP) is 3.21. The summed E-state index contributed by atoms with van der Waals surface area (Å²) in [5.74, 6) is -0.0842. The zero-order valence-electron chi connectivity index (χ0n) is 8.84. The van der Waals surface area contributed by atoms with Gasteiger partial charge >= 0.3 is 6.18 Å². The number of anilines is 1. The Morgan fingerprint density at radius 3 is 2.61 bits per heavy atom. The van der Waals surface area contributed by atoms with Gasteiger partial charge in [0.2, 0.25) is 5.91 Å². The van der Waals surface area contributed by atoms with Crippen molar-refractivity contribution in [3.8, 4) is 0 Å². The highest BCUT2D eigenvalue weighted by molar-refractivity contribution is 9.10. The van der Waals surface area contributed by atoms with Gasteiger partial charge in [-0.05, 0) is 22.0 Å². The Morgan fingerprint density at radius 2 is 2.17 bits per heavy atom. The standard InChI is InChI=1S/C10H7BrClF3N2O/c11-7-1-5(10(13,14)15)3-16-9(7)17-4-6(12)2-8(17)18/h1,3,6H,2,4H2. The number of halogens is 5. The molecule has 98 valence electrons. The van der Waals surface area contributed by atoms with E-state index in [4.69, 9.17) is 11.6 Å². The van der Waals surface area contributed by atoms with Crippen LogP contribution in [0.2, 0.25) is 0 Å². The number of carbonyl (C=O) groups excluding carboxylic acids is 1. The lowest BCUT2D eigenvalue weighted by Gasteiger charge is -2.17. The fraction of sp³-hybridized carbons (Fsp3) is 0.400. The molecule has 1 aromatic rings. The van der Waals surface area contributed by atoms with E-state index < -0.39 is 11.7 Å². The molecule has 0 N–H and O–H groups in total. The molecule has 0 bridgehead atoms. The molecule has 2 heterocycles. The highest BCUT2D eigenvalue weighted by Gasteiger charge is 2.34. The lowest BCUT2D eigenvalue weighted by atomic mass is 10.2. The molecule has 0 saturated carbocycles. The van der Waals surface area contributed by atoms with Gasteiger partial charge < -0.3 is 0 Å². The van der Waals surface area contributed by atoms with E-state index in [0.29, 0.717) is 6.20 Å². The van der Waals surface area contributed by atoms with E-state index in [1.54, 1.807) is 0 Å². The van der Waals surface area contributed by atoms with Crippen molar-refractivity contribution in [3.63, 3.8) is 0 Å². The van der Waals surface area contributed by atoms with Crippen molar-refractivity contribution in [2.45, 2.75) is 18.0 Å². The van der Waals surface area contributed by atoms with Crippen LogP contribution in [0.25, 0.3) is 0 Å². The van der Waals surface area contributed by atoms with Gasteiger partial charge in [0.15, 0.2) is 0 Å². The first-order valence-electron chi connectivity index (χ1n) is 4.96. The van der Waals surface area contributed by atoms with Crippen LogP contribution in [0, 0.1) is 0 Å². The molecule has 3 nitrogen and oxygen atoms in total. The van der Waals surface area contributed by atoms with Crippen LogP contribution in [0.3, 0.4) is 0 Å². The van der Waals surface area contributed by atoms with Gasteiger partial charge in [0, 0.05) is 19.2 Å². The van der Waals surface area contributed by atoms with E-state index in [-0.39, 0.29) is 34.5 Å². The number of amides is 1. The number of carbonyl (C=O) groups is 1. The third kappa shape index (κ3) is 2.61.